The minimum atomic E-state index is -1.03. The molecule has 0 unspecified atom stereocenters. The van der Waals surface area contributed by atoms with Gasteiger partial charge in [0.1, 0.15) is 17.4 Å². The number of ether oxygens (including phenoxy) is 2. The molecule has 0 radical (unpaired) electrons. The smallest absolute Gasteiger partial charge is 0.340 e. The minimum Gasteiger partial charge on any atom is -0.497 e. The Labute approximate surface area is 155 Å². The van der Waals surface area contributed by atoms with Crippen LogP contribution >= 0.6 is 0 Å². The van der Waals surface area contributed by atoms with E-state index in [-0.39, 0.29) is 18.1 Å². The fraction of sp³-hybridized carbons (Fsp3) is 0.263. The fourth-order valence-corrected chi connectivity index (χ4v) is 2.33. The van der Waals surface area contributed by atoms with Gasteiger partial charge >= 0.3 is 5.97 Å². The van der Waals surface area contributed by atoms with Gasteiger partial charge in [-0.2, -0.15) is 0 Å². The first-order valence-electron chi connectivity index (χ1n) is 8.15. The number of esters is 1. The number of hydrogen-bond acceptors (Lipinski definition) is 5. The summed E-state index contributed by atoms with van der Waals surface area (Å²) in [5.41, 5.74) is 0.444. The highest BCUT2D eigenvalue weighted by Crippen LogP contribution is 2.20. The molecule has 2 aromatic rings. The lowest BCUT2D eigenvalue weighted by molar-refractivity contribution is -0.119. The summed E-state index contributed by atoms with van der Waals surface area (Å²) < 4.78 is 36.9. The molecule has 0 heterocycles. The molecule has 8 heteroatoms. The van der Waals surface area contributed by atoms with Crippen LogP contribution in [0.15, 0.2) is 36.4 Å². The average molecular weight is 378 g/mol. The zero-order valence-corrected chi connectivity index (χ0v) is 15.0. The van der Waals surface area contributed by atoms with E-state index in [9.17, 15) is 18.4 Å². The molecule has 6 nitrogen and oxygen atoms in total. The Morgan fingerprint density at radius 2 is 1.74 bits per heavy atom. The van der Waals surface area contributed by atoms with Crippen molar-refractivity contribution in [2.45, 2.75) is 6.42 Å². The summed E-state index contributed by atoms with van der Waals surface area (Å²) in [4.78, 5) is 23.3. The van der Waals surface area contributed by atoms with Crippen LogP contribution < -0.4 is 15.4 Å². The molecule has 0 aliphatic carbocycles. The maximum atomic E-state index is 13.8. The summed E-state index contributed by atoms with van der Waals surface area (Å²) in [6.45, 7) is 0.165. The largest absolute Gasteiger partial charge is 0.497 e. The molecular weight excluding hydrogens is 358 g/mol. The molecule has 0 aliphatic heterocycles. The molecule has 0 spiro atoms. The number of methoxy groups -OCH3 is 2. The number of anilines is 1. The van der Waals surface area contributed by atoms with Crippen molar-refractivity contribution >= 4 is 17.6 Å². The molecule has 0 aliphatic rings. The first kappa shape index (κ1) is 20.2. The molecule has 2 aromatic carbocycles. The highest BCUT2D eigenvalue weighted by molar-refractivity contribution is 5.91. The van der Waals surface area contributed by atoms with Crippen LogP contribution in [-0.2, 0) is 16.0 Å². The molecule has 2 N–H and O–H groups in total. The standard InChI is InChI=1S/C19H20F2N2O4/c1-26-13-5-3-12(4-6-13)7-8-22-18(24)11-23-17-9-14(19(25)27-2)15(20)10-16(17)21/h3-6,9-10,23H,7-8,11H2,1-2H3,(H,22,24). The van der Waals surface area contributed by atoms with Crippen LogP contribution in [0.1, 0.15) is 15.9 Å². The molecule has 0 bridgehead atoms. The molecule has 0 fully saturated rings. The van der Waals surface area contributed by atoms with E-state index in [4.69, 9.17) is 4.74 Å². The average Bonchev–Trinajstić information content (AvgIpc) is 2.67. The summed E-state index contributed by atoms with van der Waals surface area (Å²) in [5, 5.41) is 5.23. The topological polar surface area (TPSA) is 76.7 Å². The predicted molar refractivity (Wildman–Crippen MR) is 95.9 cm³/mol. The van der Waals surface area contributed by atoms with E-state index < -0.39 is 23.2 Å². The number of carbonyl (C=O) groups excluding carboxylic acids is 2. The van der Waals surface area contributed by atoms with Crippen molar-refractivity contribution in [1.29, 1.82) is 0 Å². The Morgan fingerprint density at radius 3 is 2.37 bits per heavy atom. The maximum absolute atomic E-state index is 13.8. The summed E-state index contributed by atoms with van der Waals surface area (Å²) in [5.74, 6) is -2.49. The van der Waals surface area contributed by atoms with Gasteiger partial charge in [-0.15, -0.1) is 0 Å². The highest BCUT2D eigenvalue weighted by Gasteiger charge is 2.17. The zero-order valence-electron chi connectivity index (χ0n) is 15.0. The number of halogens is 2. The van der Waals surface area contributed by atoms with Crippen molar-refractivity contribution in [1.82, 2.24) is 5.32 Å². The van der Waals surface area contributed by atoms with E-state index in [2.05, 4.69) is 15.4 Å². The SMILES string of the molecule is COC(=O)c1cc(NCC(=O)NCCc2ccc(OC)cc2)c(F)cc1F. The van der Waals surface area contributed by atoms with Crippen LogP contribution in [0, 0.1) is 11.6 Å². The number of carbonyl (C=O) groups is 2. The molecule has 27 heavy (non-hydrogen) atoms. The van der Waals surface area contributed by atoms with Crippen LogP contribution in [0.3, 0.4) is 0 Å². The van der Waals surface area contributed by atoms with E-state index in [1.807, 2.05) is 24.3 Å². The van der Waals surface area contributed by atoms with E-state index in [0.29, 0.717) is 19.0 Å². The number of amides is 1. The quantitative estimate of drug-likeness (QED) is 0.691. The molecule has 1 amide bonds. The van der Waals surface area contributed by atoms with Crippen molar-refractivity contribution in [3.63, 3.8) is 0 Å². The summed E-state index contributed by atoms with van der Waals surface area (Å²) in [7, 11) is 2.68. The van der Waals surface area contributed by atoms with Crippen LogP contribution in [0.5, 0.6) is 5.75 Å². The summed E-state index contributed by atoms with van der Waals surface area (Å²) in [6, 6.07) is 8.98. The van der Waals surface area contributed by atoms with Gasteiger partial charge in [0.25, 0.3) is 0 Å². The summed E-state index contributed by atoms with van der Waals surface area (Å²) >= 11 is 0. The molecule has 0 atom stereocenters. The Balaban J connectivity index is 1.85. The monoisotopic (exact) mass is 378 g/mol. The van der Waals surface area contributed by atoms with Gasteiger partial charge < -0.3 is 20.1 Å². The van der Waals surface area contributed by atoms with Crippen LogP contribution in [-0.4, -0.2) is 39.2 Å². The Bertz CT molecular complexity index is 810. The van der Waals surface area contributed by atoms with Crippen molar-refractivity contribution < 1.29 is 27.8 Å². The molecule has 144 valence electrons. The number of nitrogens with one attached hydrogen (secondary N) is 2. The van der Waals surface area contributed by atoms with Gasteiger partial charge in [-0.3, -0.25) is 4.79 Å². The zero-order chi connectivity index (χ0) is 19.8. The Kier molecular flexibility index (Phi) is 7.10. The van der Waals surface area contributed by atoms with Gasteiger partial charge in [-0.1, -0.05) is 12.1 Å². The Hall–Kier alpha value is -3.16. The molecule has 0 saturated carbocycles. The second kappa shape index (κ2) is 9.51. The van der Waals surface area contributed by atoms with Crippen LogP contribution in [0.4, 0.5) is 14.5 Å². The predicted octanol–water partition coefficient (Wildman–Crippen LogP) is 2.53. The van der Waals surface area contributed by atoms with Gasteiger partial charge in [-0.05, 0) is 30.2 Å². The van der Waals surface area contributed by atoms with Crippen molar-refractivity contribution in [2.75, 3.05) is 32.6 Å². The normalized spacial score (nSPS) is 10.2. The second-order valence-corrected chi connectivity index (χ2v) is 5.61. The third-order valence-corrected chi connectivity index (χ3v) is 3.80. The second-order valence-electron chi connectivity index (χ2n) is 5.61. The van der Waals surface area contributed by atoms with E-state index in [1.165, 1.54) is 0 Å². The van der Waals surface area contributed by atoms with Gasteiger partial charge in [0.15, 0.2) is 0 Å². The van der Waals surface area contributed by atoms with Gasteiger partial charge in [0.05, 0.1) is 32.0 Å². The lowest BCUT2D eigenvalue weighted by atomic mass is 10.1. The first-order valence-corrected chi connectivity index (χ1v) is 8.15. The molecular formula is C19H20F2N2O4. The van der Waals surface area contributed by atoms with Crippen molar-refractivity contribution in [3.05, 3.63) is 59.2 Å². The van der Waals surface area contributed by atoms with Crippen LogP contribution in [0.25, 0.3) is 0 Å². The third-order valence-electron chi connectivity index (χ3n) is 3.80. The van der Waals surface area contributed by atoms with E-state index >= 15 is 0 Å². The fourth-order valence-electron chi connectivity index (χ4n) is 2.33. The minimum absolute atomic E-state index is 0.165. The highest BCUT2D eigenvalue weighted by atomic mass is 19.1. The van der Waals surface area contributed by atoms with Gasteiger partial charge in [-0.25, -0.2) is 13.6 Å². The summed E-state index contributed by atoms with van der Waals surface area (Å²) in [6.07, 6.45) is 0.618. The maximum Gasteiger partial charge on any atom is 0.340 e. The van der Waals surface area contributed by atoms with E-state index in [0.717, 1.165) is 24.5 Å². The number of rotatable bonds is 8. The van der Waals surface area contributed by atoms with Gasteiger partial charge in [0, 0.05) is 12.6 Å². The lowest BCUT2D eigenvalue weighted by Crippen LogP contribution is -2.31. The molecule has 0 saturated heterocycles. The van der Waals surface area contributed by atoms with E-state index in [1.54, 1.807) is 7.11 Å². The first-order chi connectivity index (χ1) is 12.9. The Morgan fingerprint density at radius 1 is 1.04 bits per heavy atom. The lowest BCUT2D eigenvalue weighted by Gasteiger charge is -2.10. The van der Waals surface area contributed by atoms with Crippen molar-refractivity contribution in [3.8, 4) is 5.75 Å². The number of benzene rings is 2. The van der Waals surface area contributed by atoms with Gasteiger partial charge in [0.2, 0.25) is 5.91 Å². The molecule has 2 rings (SSSR count). The van der Waals surface area contributed by atoms with Crippen LogP contribution in [0.2, 0.25) is 0 Å². The van der Waals surface area contributed by atoms with Crippen molar-refractivity contribution in [2.24, 2.45) is 0 Å². The molecule has 0 aromatic heterocycles. The third kappa shape index (κ3) is 5.67. The number of hydrogen-bond donors (Lipinski definition) is 2.